The van der Waals surface area contributed by atoms with Gasteiger partial charge in [-0.3, -0.25) is 0 Å². The minimum absolute atomic E-state index is 0.0916. The summed E-state index contributed by atoms with van der Waals surface area (Å²) in [5, 5.41) is 5.82. The first-order chi connectivity index (χ1) is 8.99. The summed E-state index contributed by atoms with van der Waals surface area (Å²) in [6.45, 7) is 6.53. The molecule has 0 aromatic carbocycles. The second-order valence-corrected chi connectivity index (χ2v) is 5.97. The van der Waals surface area contributed by atoms with Crippen LogP contribution in [-0.2, 0) is 4.74 Å². The summed E-state index contributed by atoms with van der Waals surface area (Å²) in [5.41, 5.74) is 0. The average Bonchev–Trinajstić information content (AvgIpc) is 2.84. The van der Waals surface area contributed by atoms with Gasteiger partial charge in [-0.15, -0.1) is 0 Å². The molecule has 2 atom stereocenters. The quantitative estimate of drug-likeness (QED) is 0.737. The monoisotopic (exact) mass is 271 g/mol. The largest absolute Gasteiger partial charge is 0.376 e. The molecular formula is C14H29N3O2. The summed E-state index contributed by atoms with van der Waals surface area (Å²) in [4.78, 5) is 13.9. The Morgan fingerprint density at radius 3 is 2.63 bits per heavy atom. The van der Waals surface area contributed by atoms with E-state index in [-0.39, 0.29) is 12.1 Å². The Bertz CT molecular complexity index is 263. The number of carbonyl (C=O) groups excluding carboxylic acids is 1. The van der Waals surface area contributed by atoms with Gasteiger partial charge >= 0.3 is 6.03 Å². The molecule has 1 aliphatic rings. The molecule has 19 heavy (non-hydrogen) atoms. The van der Waals surface area contributed by atoms with Crippen LogP contribution < -0.4 is 10.6 Å². The van der Waals surface area contributed by atoms with Crippen LogP contribution in [0, 0.1) is 5.92 Å². The van der Waals surface area contributed by atoms with E-state index in [1.165, 1.54) is 0 Å². The first kappa shape index (κ1) is 16.2. The number of rotatable bonds is 7. The molecule has 5 nitrogen and oxygen atoms in total. The minimum Gasteiger partial charge on any atom is -0.376 e. The van der Waals surface area contributed by atoms with Gasteiger partial charge in [0.2, 0.25) is 0 Å². The van der Waals surface area contributed by atoms with E-state index in [1.807, 2.05) is 0 Å². The Morgan fingerprint density at radius 2 is 2.11 bits per heavy atom. The molecule has 0 aromatic rings. The summed E-state index contributed by atoms with van der Waals surface area (Å²) in [6.07, 6.45) is 3.43. The van der Waals surface area contributed by atoms with Crippen LogP contribution in [-0.4, -0.2) is 56.9 Å². The molecule has 1 heterocycles. The third kappa shape index (κ3) is 6.78. The van der Waals surface area contributed by atoms with E-state index in [0.29, 0.717) is 25.0 Å². The number of nitrogens with one attached hydrogen (secondary N) is 2. The fourth-order valence-corrected chi connectivity index (χ4v) is 2.31. The topological polar surface area (TPSA) is 53.6 Å². The summed E-state index contributed by atoms with van der Waals surface area (Å²) in [6, 6.07) is 0.291. The molecule has 0 aliphatic carbocycles. The lowest BCUT2D eigenvalue weighted by Crippen LogP contribution is -2.46. The highest BCUT2D eigenvalue weighted by Crippen LogP contribution is 2.10. The van der Waals surface area contributed by atoms with Gasteiger partial charge in [-0.05, 0) is 39.3 Å². The smallest absolute Gasteiger partial charge is 0.314 e. The van der Waals surface area contributed by atoms with E-state index in [9.17, 15) is 4.79 Å². The molecule has 5 heteroatoms. The maximum atomic E-state index is 11.7. The van der Waals surface area contributed by atoms with Crippen molar-refractivity contribution in [2.45, 2.75) is 45.3 Å². The average molecular weight is 271 g/mol. The van der Waals surface area contributed by atoms with Crippen molar-refractivity contribution < 1.29 is 9.53 Å². The number of amides is 2. The first-order valence-electron chi connectivity index (χ1n) is 7.28. The maximum absolute atomic E-state index is 11.7. The Morgan fingerprint density at radius 1 is 1.37 bits per heavy atom. The van der Waals surface area contributed by atoms with Crippen LogP contribution in [0.5, 0.6) is 0 Å². The van der Waals surface area contributed by atoms with Crippen LogP contribution in [0.15, 0.2) is 0 Å². The fourth-order valence-electron chi connectivity index (χ4n) is 2.31. The second-order valence-electron chi connectivity index (χ2n) is 5.97. The highest BCUT2D eigenvalue weighted by atomic mass is 16.5. The molecule has 0 aromatic heterocycles. The molecule has 1 rings (SSSR count). The molecule has 0 radical (unpaired) electrons. The van der Waals surface area contributed by atoms with Gasteiger partial charge in [0.25, 0.3) is 0 Å². The van der Waals surface area contributed by atoms with Crippen molar-refractivity contribution >= 4 is 6.03 Å². The van der Waals surface area contributed by atoms with E-state index in [1.54, 1.807) is 0 Å². The number of ether oxygens (including phenoxy) is 1. The van der Waals surface area contributed by atoms with Gasteiger partial charge in [0.1, 0.15) is 0 Å². The third-order valence-electron chi connectivity index (χ3n) is 3.49. The summed E-state index contributed by atoms with van der Waals surface area (Å²) < 4.78 is 5.47. The number of nitrogens with zero attached hydrogens (tertiary/aromatic N) is 1. The van der Waals surface area contributed by atoms with E-state index in [2.05, 4.69) is 43.5 Å². The van der Waals surface area contributed by atoms with E-state index in [0.717, 1.165) is 25.9 Å². The highest BCUT2D eigenvalue weighted by Gasteiger charge is 2.17. The van der Waals surface area contributed by atoms with Gasteiger partial charge in [0.05, 0.1) is 6.10 Å². The van der Waals surface area contributed by atoms with Gasteiger partial charge in [-0.2, -0.15) is 0 Å². The predicted octanol–water partition coefficient (Wildman–Crippen LogP) is 1.44. The van der Waals surface area contributed by atoms with Gasteiger partial charge in [-0.1, -0.05) is 13.8 Å². The molecule has 0 unspecified atom stereocenters. The zero-order valence-corrected chi connectivity index (χ0v) is 12.7. The van der Waals surface area contributed by atoms with Crippen LogP contribution in [0.25, 0.3) is 0 Å². The number of carbonyl (C=O) groups is 1. The Kier molecular flexibility index (Phi) is 7.16. The molecular weight excluding hydrogens is 242 g/mol. The Labute approximate surface area is 117 Å². The van der Waals surface area contributed by atoms with E-state index in [4.69, 9.17) is 4.74 Å². The summed E-state index contributed by atoms with van der Waals surface area (Å²) in [5.74, 6) is 0.629. The lowest BCUT2D eigenvalue weighted by Gasteiger charge is -2.26. The minimum atomic E-state index is -0.0916. The van der Waals surface area contributed by atoms with Crippen LogP contribution >= 0.6 is 0 Å². The van der Waals surface area contributed by atoms with E-state index >= 15 is 0 Å². The zero-order valence-electron chi connectivity index (χ0n) is 12.7. The molecule has 0 spiro atoms. The second kappa shape index (κ2) is 8.38. The van der Waals surface area contributed by atoms with Crippen LogP contribution in [0.1, 0.15) is 33.1 Å². The standard InChI is InChI=1S/C14H29N3O2/c1-11(2)8-12(17(3)4)9-15-14(18)16-10-13-6-5-7-19-13/h11-13H,5-10H2,1-4H3,(H2,15,16,18)/t12-,13+/m1/s1. The highest BCUT2D eigenvalue weighted by molar-refractivity contribution is 5.73. The number of likely N-dealkylation sites (N-methyl/N-ethyl adjacent to an activating group) is 1. The Balaban J connectivity index is 2.19. The molecule has 2 amide bonds. The number of urea groups is 1. The lowest BCUT2D eigenvalue weighted by atomic mass is 10.0. The third-order valence-corrected chi connectivity index (χ3v) is 3.49. The molecule has 1 fully saturated rings. The van der Waals surface area contributed by atoms with Crippen molar-refractivity contribution in [3.63, 3.8) is 0 Å². The van der Waals surface area contributed by atoms with Crippen molar-refractivity contribution in [2.75, 3.05) is 33.8 Å². The molecule has 2 N–H and O–H groups in total. The SMILES string of the molecule is CC(C)C[C@H](CNC(=O)NC[C@@H]1CCCO1)N(C)C. The normalized spacial score (nSPS) is 20.8. The molecule has 0 bridgehead atoms. The van der Waals surface area contributed by atoms with E-state index < -0.39 is 0 Å². The van der Waals surface area contributed by atoms with Crippen molar-refractivity contribution in [2.24, 2.45) is 5.92 Å². The first-order valence-corrected chi connectivity index (χ1v) is 7.28. The van der Waals surface area contributed by atoms with Gasteiger partial charge in [0, 0.05) is 25.7 Å². The van der Waals surface area contributed by atoms with Gasteiger partial charge < -0.3 is 20.3 Å². The van der Waals surface area contributed by atoms with Crippen molar-refractivity contribution in [1.29, 1.82) is 0 Å². The van der Waals surface area contributed by atoms with Crippen LogP contribution in [0.2, 0.25) is 0 Å². The molecule has 1 aliphatic heterocycles. The fraction of sp³-hybridized carbons (Fsp3) is 0.929. The molecule has 1 saturated heterocycles. The lowest BCUT2D eigenvalue weighted by molar-refractivity contribution is 0.111. The summed E-state index contributed by atoms with van der Waals surface area (Å²) >= 11 is 0. The van der Waals surface area contributed by atoms with Crippen molar-refractivity contribution in [3.8, 4) is 0 Å². The van der Waals surface area contributed by atoms with Crippen LogP contribution in [0.4, 0.5) is 4.79 Å². The number of hydrogen-bond donors (Lipinski definition) is 2. The predicted molar refractivity (Wildman–Crippen MR) is 77.3 cm³/mol. The van der Waals surface area contributed by atoms with Gasteiger partial charge in [-0.25, -0.2) is 4.79 Å². The maximum Gasteiger partial charge on any atom is 0.314 e. The number of hydrogen-bond acceptors (Lipinski definition) is 3. The molecule has 112 valence electrons. The Hall–Kier alpha value is -0.810. The summed E-state index contributed by atoms with van der Waals surface area (Å²) in [7, 11) is 4.11. The molecule has 0 saturated carbocycles. The van der Waals surface area contributed by atoms with Crippen molar-refractivity contribution in [3.05, 3.63) is 0 Å². The van der Waals surface area contributed by atoms with Crippen LogP contribution in [0.3, 0.4) is 0 Å². The van der Waals surface area contributed by atoms with Crippen molar-refractivity contribution in [1.82, 2.24) is 15.5 Å². The van der Waals surface area contributed by atoms with Gasteiger partial charge in [0.15, 0.2) is 0 Å². The zero-order chi connectivity index (χ0) is 14.3.